The van der Waals surface area contributed by atoms with Gasteiger partial charge in [0.25, 0.3) is 11.5 Å². The number of nitrogens with one attached hydrogen (secondary N) is 2. The van der Waals surface area contributed by atoms with Crippen LogP contribution >= 0.6 is 0 Å². The van der Waals surface area contributed by atoms with Crippen molar-refractivity contribution in [2.75, 3.05) is 33.3 Å². The van der Waals surface area contributed by atoms with E-state index in [-0.39, 0.29) is 17.2 Å². The Kier molecular flexibility index (Phi) is 6.09. The maximum Gasteiger partial charge on any atom is 0.279 e. The lowest BCUT2D eigenvalue weighted by molar-refractivity contribution is -0.887. The summed E-state index contributed by atoms with van der Waals surface area (Å²) in [4.78, 5) is 27.5. The number of hydrogen-bond acceptors (Lipinski definition) is 4. The number of fused-ring (bicyclic) bond motifs is 1. The van der Waals surface area contributed by atoms with Crippen LogP contribution in [0.4, 0.5) is 0 Å². The van der Waals surface area contributed by atoms with Gasteiger partial charge in [0.15, 0.2) is 5.69 Å². The summed E-state index contributed by atoms with van der Waals surface area (Å²) in [5.41, 5.74) is 0.581. The van der Waals surface area contributed by atoms with Crippen molar-refractivity contribution in [2.24, 2.45) is 0 Å². The third-order valence-electron chi connectivity index (χ3n) is 5.64. The number of aromatic nitrogens is 2. The lowest BCUT2D eigenvalue weighted by atomic mass is 10.1. The number of quaternary nitrogens is 1. The fraction of sp³-hybridized carbons (Fsp3) is 0.348. The molecule has 0 saturated carbocycles. The molecule has 0 unspecified atom stereocenters. The third kappa shape index (κ3) is 4.21. The number of methoxy groups -OCH3 is 1. The molecule has 2 N–H and O–H groups in total. The number of carbonyl (C=O) groups excluding carboxylic acids is 1. The molecular weight excluding hydrogens is 380 g/mol. The van der Waals surface area contributed by atoms with Gasteiger partial charge in [0.1, 0.15) is 5.75 Å². The Labute approximate surface area is 175 Å². The highest BCUT2D eigenvalue weighted by atomic mass is 16.5. The van der Waals surface area contributed by atoms with E-state index < -0.39 is 0 Å². The Morgan fingerprint density at radius 3 is 2.50 bits per heavy atom. The van der Waals surface area contributed by atoms with Crippen LogP contribution in [0.1, 0.15) is 29.8 Å². The molecule has 7 nitrogen and oxygen atoms in total. The monoisotopic (exact) mass is 407 g/mol. The first kappa shape index (κ1) is 20.1. The molecule has 156 valence electrons. The molecule has 0 atom stereocenters. The largest absolute Gasteiger partial charge is 0.497 e. The number of carbonyl (C=O) groups is 1. The highest BCUT2D eigenvalue weighted by Gasteiger charge is 2.18. The molecule has 3 aromatic rings. The standard InChI is InChI=1S/C23H26N4O3/c1-30-18-11-9-17(10-12-18)27-23(29)20-8-3-2-7-19(20)21(25-27)22(28)24-13-6-16-26-14-4-5-15-26/h2-3,7-12H,4-6,13-16H2,1H3,(H,24,28)/p+1. The van der Waals surface area contributed by atoms with Crippen LogP contribution < -0.4 is 20.5 Å². The van der Waals surface area contributed by atoms with Gasteiger partial charge in [-0.25, -0.2) is 0 Å². The predicted octanol–water partition coefficient (Wildman–Crippen LogP) is 1.19. The molecule has 1 fully saturated rings. The van der Waals surface area contributed by atoms with Crippen molar-refractivity contribution in [1.82, 2.24) is 15.1 Å². The van der Waals surface area contributed by atoms with Gasteiger partial charge in [-0.05, 0) is 30.3 Å². The van der Waals surface area contributed by atoms with Gasteiger partial charge in [0, 0.05) is 31.2 Å². The molecule has 1 saturated heterocycles. The Morgan fingerprint density at radius 1 is 1.10 bits per heavy atom. The van der Waals surface area contributed by atoms with Gasteiger partial charge in [-0.2, -0.15) is 9.78 Å². The van der Waals surface area contributed by atoms with E-state index in [9.17, 15) is 9.59 Å². The molecule has 2 heterocycles. The molecule has 0 radical (unpaired) electrons. The molecule has 1 aliphatic heterocycles. The summed E-state index contributed by atoms with van der Waals surface area (Å²) in [6, 6.07) is 14.1. The molecule has 1 aromatic heterocycles. The van der Waals surface area contributed by atoms with Crippen molar-refractivity contribution < 1.29 is 14.4 Å². The number of hydrogen-bond donors (Lipinski definition) is 2. The fourth-order valence-corrected chi connectivity index (χ4v) is 4.00. The lowest BCUT2D eigenvalue weighted by Crippen LogP contribution is -3.10. The van der Waals surface area contributed by atoms with Crippen molar-refractivity contribution in [3.63, 3.8) is 0 Å². The quantitative estimate of drug-likeness (QED) is 0.577. The van der Waals surface area contributed by atoms with E-state index in [0.29, 0.717) is 28.8 Å². The van der Waals surface area contributed by atoms with Gasteiger partial charge in [-0.1, -0.05) is 18.2 Å². The summed E-state index contributed by atoms with van der Waals surface area (Å²) in [5, 5.41) is 8.44. The second-order valence-corrected chi connectivity index (χ2v) is 7.63. The Morgan fingerprint density at radius 2 is 1.80 bits per heavy atom. The topological polar surface area (TPSA) is 77.7 Å². The van der Waals surface area contributed by atoms with Crippen molar-refractivity contribution in [3.05, 3.63) is 64.6 Å². The summed E-state index contributed by atoms with van der Waals surface area (Å²) in [5.74, 6) is 0.426. The number of likely N-dealkylation sites (tertiary alicyclic amines) is 1. The first-order valence-electron chi connectivity index (χ1n) is 10.5. The fourth-order valence-electron chi connectivity index (χ4n) is 4.00. The second-order valence-electron chi connectivity index (χ2n) is 7.63. The van der Waals surface area contributed by atoms with Crippen LogP contribution in [0.5, 0.6) is 5.75 Å². The molecule has 4 rings (SSSR count). The highest BCUT2D eigenvalue weighted by molar-refractivity contribution is 6.04. The molecule has 2 aromatic carbocycles. The molecule has 0 bridgehead atoms. The van der Waals surface area contributed by atoms with E-state index in [2.05, 4.69) is 10.4 Å². The van der Waals surface area contributed by atoms with Crippen LogP contribution in [0, 0.1) is 0 Å². The molecule has 0 spiro atoms. The van der Waals surface area contributed by atoms with E-state index in [0.717, 1.165) is 13.0 Å². The van der Waals surface area contributed by atoms with Crippen LogP contribution in [0.3, 0.4) is 0 Å². The van der Waals surface area contributed by atoms with Crippen LogP contribution in [-0.4, -0.2) is 49.0 Å². The van der Waals surface area contributed by atoms with Gasteiger partial charge >= 0.3 is 0 Å². The van der Waals surface area contributed by atoms with E-state index >= 15 is 0 Å². The van der Waals surface area contributed by atoms with Crippen LogP contribution in [-0.2, 0) is 0 Å². The molecule has 7 heteroatoms. The normalized spacial score (nSPS) is 14.2. The molecule has 30 heavy (non-hydrogen) atoms. The zero-order valence-electron chi connectivity index (χ0n) is 17.2. The predicted molar refractivity (Wildman–Crippen MR) is 116 cm³/mol. The van der Waals surface area contributed by atoms with Crippen LogP contribution in [0.2, 0.25) is 0 Å². The Bertz CT molecular complexity index is 1090. The number of benzene rings is 2. The number of amides is 1. The lowest BCUT2D eigenvalue weighted by Gasteiger charge is -2.13. The maximum absolute atomic E-state index is 13.0. The average Bonchev–Trinajstić information content (AvgIpc) is 3.31. The zero-order valence-corrected chi connectivity index (χ0v) is 17.2. The van der Waals surface area contributed by atoms with E-state index in [1.807, 2.05) is 6.07 Å². The summed E-state index contributed by atoms with van der Waals surface area (Å²) < 4.78 is 6.47. The highest BCUT2D eigenvalue weighted by Crippen LogP contribution is 2.17. The second kappa shape index (κ2) is 9.09. The Balaban J connectivity index is 1.60. The van der Waals surface area contributed by atoms with Crippen molar-refractivity contribution in [1.29, 1.82) is 0 Å². The van der Waals surface area contributed by atoms with Crippen molar-refractivity contribution in [3.8, 4) is 11.4 Å². The first-order chi connectivity index (χ1) is 14.7. The smallest absolute Gasteiger partial charge is 0.279 e. The molecule has 1 aliphatic rings. The van der Waals surface area contributed by atoms with Crippen molar-refractivity contribution in [2.45, 2.75) is 19.3 Å². The summed E-state index contributed by atoms with van der Waals surface area (Å²) >= 11 is 0. The third-order valence-corrected chi connectivity index (χ3v) is 5.64. The van der Waals surface area contributed by atoms with Crippen molar-refractivity contribution >= 4 is 16.7 Å². The zero-order chi connectivity index (χ0) is 20.9. The number of nitrogens with zero attached hydrogens (tertiary/aromatic N) is 2. The average molecular weight is 407 g/mol. The minimum atomic E-state index is -0.259. The van der Waals surface area contributed by atoms with Gasteiger partial charge < -0.3 is 15.0 Å². The SMILES string of the molecule is COc1ccc(-n2nc(C(=O)NCCC[NH+]3CCCC3)c3ccccc3c2=O)cc1. The van der Waals surface area contributed by atoms with Gasteiger partial charge in [0.2, 0.25) is 0 Å². The molecule has 0 aliphatic carbocycles. The first-order valence-corrected chi connectivity index (χ1v) is 10.5. The Hall–Kier alpha value is -3.19. The van der Waals surface area contributed by atoms with E-state index in [1.54, 1.807) is 54.5 Å². The number of rotatable bonds is 7. The molecular formula is C23H27N4O3+. The summed E-state index contributed by atoms with van der Waals surface area (Å²) in [7, 11) is 1.59. The minimum absolute atomic E-state index is 0.259. The van der Waals surface area contributed by atoms with E-state index in [1.165, 1.54) is 30.6 Å². The van der Waals surface area contributed by atoms with Gasteiger partial charge in [0.05, 0.1) is 37.8 Å². The summed E-state index contributed by atoms with van der Waals surface area (Å²) in [6.45, 7) is 4.12. The van der Waals surface area contributed by atoms with Crippen LogP contribution in [0.25, 0.3) is 16.5 Å². The van der Waals surface area contributed by atoms with Crippen LogP contribution in [0.15, 0.2) is 53.3 Å². The maximum atomic E-state index is 13.0. The van der Waals surface area contributed by atoms with Gasteiger partial charge in [-0.3, -0.25) is 9.59 Å². The molecule has 1 amide bonds. The van der Waals surface area contributed by atoms with E-state index in [4.69, 9.17) is 4.74 Å². The van der Waals surface area contributed by atoms with Gasteiger partial charge in [-0.15, -0.1) is 0 Å². The number of ether oxygens (including phenoxy) is 1. The summed E-state index contributed by atoms with van der Waals surface area (Å²) in [6.07, 6.45) is 3.52. The minimum Gasteiger partial charge on any atom is -0.497 e.